The molecule has 1 amide bonds. The first-order valence-corrected chi connectivity index (χ1v) is 8.95. The SMILES string of the molecule is COc1ccc([C@@](C)(O)[C@H]2CCCN2C(=O)c2c(C)nn(C)c2C)cc1. The molecule has 0 radical (unpaired) electrons. The summed E-state index contributed by atoms with van der Waals surface area (Å²) in [6.45, 7) is 6.18. The highest BCUT2D eigenvalue weighted by molar-refractivity contribution is 5.96. The fourth-order valence-electron chi connectivity index (χ4n) is 3.94. The first-order valence-electron chi connectivity index (χ1n) is 8.95. The Morgan fingerprint density at radius 3 is 2.50 bits per heavy atom. The summed E-state index contributed by atoms with van der Waals surface area (Å²) in [6, 6.07) is 7.11. The van der Waals surface area contributed by atoms with Crippen molar-refractivity contribution in [1.82, 2.24) is 14.7 Å². The van der Waals surface area contributed by atoms with E-state index < -0.39 is 5.60 Å². The van der Waals surface area contributed by atoms with Gasteiger partial charge in [0.2, 0.25) is 0 Å². The zero-order valence-electron chi connectivity index (χ0n) is 16.1. The smallest absolute Gasteiger partial charge is 0.257 e. The molecule has 140 valence electrons. The van der Waals surface area contributed by atoms with E-state index in [0.29, 0.717) is 12.1 Å². The molecule has 1 fully saturated rings. The third-order valence-electron chi connectivity index (χ3n) is 5.56. The summed E-state index contributed by atoms with van der Waals surface area (Å²) in [7, 11) is 3.46. The first kappa shape index (κ1) is 18.5. The maximum Gasteiger partial charge on any atom is 0.257 e. The maximum atomic E-state index is 13.2. The fourth-order valence-corrected chi connectivity index (χ4v) is 3.94. The van der Waals surface area contributed by atoms with Gasteiger partial charge in [-0.15, -0.1) is 0 Å². The summed E-state index contributed by atoms with van der Waals surface area (Å²) in [6.07, 6.45) is 1.64. The fraction of sp³-hybridized carbons (Fsp3) is 0.500. The number of aliphatic hydroxyl groups is 1. The van der Waals surface area contributed by atoms with Crippen LogP contribution in [0.1, 0.15) is 47.1 Å². The van der Waals surface area contributed by atoms with Crippen LogP contribution in [0.4, 0.5) is 0 Å². The molecule has 1 saturated heterocycles. The van der Waals surface area contributed by atoms with E-state index >= 15 is 0 Å². The highest BCUT2D eigenvalue weighted by Gasteiger charge is 2.43. The van der Waals surface area contributed by atoms with Crippen molar-refractivity contribution in [3.8, 4) is 5.75 Å². The van der Waals surface area contributed by atoms with Crippen molar-refractivity contribution in [2.24, 2.45) is 7.05 Å². The Balaban J connectivity index is 1.92. The molecule has 0 aliphatic carbocycles. The molecule has 1 aliphatic heterocycles. The summed E-state index contributed by atoms with van der Waals surface area (Å²) in [5.74, 6) is 0.690. The van der Waals surface area contributed by atoms with Gasteiger partial charge in [-0.3, -0.25) is 9.48 Å². The minimum Gasteiger partial charge on any atom is -0.497 e. The Kier molecular flexibility index (Phi) is 4.80. The Bertz CT molecular complexity index is 808. The number of rotatable bonds is 4. The molecule has 2 aromatic rings. The Labute approximate surface area is 154 Å². The third kappa shape index (κ3) is 2.98. The molecule has 2 heterocycles. The molecule has 3 rings (SSSR count). The van der Waals surface area contributed by atoms with E-state index in [2.05, 4.69) is 5.10 Å². The predicted octanol–water partition coefficient (Wildman–Crippen LogP) is 2.56. The standard InChI is InChI=1S/C20H27N3O3/c1-13-18(14(2)22(4)21-13)19(24)23-12-6-7-17(23)20(3,25)15-8-10-16(26-5)11-9-15/h8-11,17,25H,6-7,12H2,1-5H3/t17-,20-/m1/s1. The number of hydrogen-bond acceptors (Lipinski definition) is 4. The van der Waals surface area contributed by atoms with Gasteiger partial charge in [0.1, 0.15) is 11.4 Å². The van der Waals surface area contributed by atoms with E-state index in [0.717, 1.165) is 35.5 Å². The molecular formula is C20H27N3O3. The third-order valence-corrected chi connectivity index (χ3v) is 5.56. The van der Waals surface area contributed by atoms with Crippen molar-refractivity contribution in [3.05, 3.63) is 46.8 Å². The molecule has 1 aliphatic rings. The van der Waals surface area contributed by atoms with Crippen LogP contribution in [-0.4, -0.2) is 45.4 Å². The van der Waals surface area contributed by atoms with Crippen molar-refractivity contribution < 1.29 is 14.6 Å². The largest absolute Gasteiger partial charge is 0.497 e. The number of aryl methyl sites for hydroxylation is 2. The molecular weight excluding hydrogens is 330 g/mol. The normalized spacial score (nSPS) is 19.5. The Morgan fingerprint density at radius 1 is 1.31 bits per heavy atom. The molecule has 6 heteroatoms. The second kappa shape index (κ2) is 6.76. The lowest BCUT2D eigenvalue weighted by molar-refractivity contribution is -0.0177. The number of methoxy groups -OCH3 is 1. The summed E-state index contributed by atoms with van der Waals surface area (Å²) in [5.41, 5.74) is 1.86. The van der Waals surface area contributed by atoms with Crippen LogP contribution in [0.2, 0.25) is 0 Å². The second-order valence-corrected chi connectivity index (χ2v) is 7.20. The summed E-state index contributed by atoms with van der Waals surface area (Å²) in [5, 5.41) is 15.7. The maximum absolute atomic E-state index is 13.2. The summed E-state index contributed by atoms with van der Waals surface area (Å²) in [4.78, 5) is 15.0. The van der Waals surface area contributed by atoms with Gasteiger partial charge in [0.15, 0.2) is 0 Å². The van der Waals surface area contributed by atoms with Crippen LogP contribution in [0.15, 0.2) is 24.3 Å². The quantitative estimate of drug-likeness (QED) is 0.913. The van der Waals surface area contributed by atoms with Crippen LogP contribution >= 0.6 is 0 Å². The summed E-state index contributed by atoms with van der Waals surface area (Å²) >= 11 is 0. The predicted molar refractivity (Wildman–Crippen MR) is 99.3 cm³/mol. The number of nitrogens with zero attached hydrogens (tertiary/aromatic N) is 3. The van der Waals surface area contributed by atoms with E-state index in [1.54, 1.807) is 23.6 Å². The van der Waals surface area contributed by atoms with Gasteiger partial charge in [0.05, 0.1) is 24.4 Å². The second-order valence-electron chi connectivity index (χ2n) is 7.20. The van der Waals surface area contributed by atoms with Crippen molar-refractivity contribution in [1.29, 1.82) is 0 Å². The van der Waals surface area contributed by atoms with E-state index in [1.165, 1.54) is 0 Å². The molecule has 0 bridgehead atoms. The van der Waals surface area contributed by atoms with Crippen molar-refractivity contribution in [2.75, 3.05) is 13.7 Å². The van der Waals surface area contributed by atoms with E-state index in [-0.39, 0.29) is 11.9 Å². The number of benzene rings is 1. The minimum atomic E-state index is -1.14. The number of ether oxygens (including phenoxy) is 1. The molecule has 0 saturated carbocycles. The highest BCUT2D eigenvalue weighted by Crippen LogP contribution is 2.36. The van der Waals surface area contributed by atoms with Gasteiger partial charge in [-0.05, 0) is 51.3 Å². The van der Waals surface area contributed by atoms with Crippen LogP contribution in [0.25, 0.3) is 0 Å². The van der Waals surface area contributed by atoms with Crippen LogP contribution < -0.4 is 4.74 Å². The number of likely N-dealkylation sites (tertiary alicyclic amines) is 1. The van der Waals surface area contributed by atoms with Gasteiger partial charge in [-0.25, -0.2) is 0 Å². The van der Waals surface area contributed by atoms with Gasteiger partial charge in [-0.1, -0.05) is 12.1 Å². The highest BCUT2D eigenvalue weighted by atomic mass is 16.5. The van der Waals surface area contributed by atoms with Crippen LogP contribution in [-0.2, 0) is 12.6 Å². The van der Waals surface area contributed by atoms with Gasteiger partial charge in [0.25, 0.3) is 5.91 Å². The van der Waals surface area contributed by atoms with Gasteiger partial charge in [0, 0.05) is 19.3 Å². The lowest BCUT2D eigenvalue weighted by atomic mass is 9.86. The molecule has 0 spiro atoms. The zero-order valence-corrected chi connectivity index (χ0v) is 16.1. The molecule has 6 nitrogen and oxygen atoms in total. The number of carbonyl (C=O) groups excluding carboxylic acids is 1. The topological polar surface area (TPSA) is 67.6 Å². The van der Waals surface area contributed by atoms with Crippen LogP contribution in [0.3, 0.4) is 0 Å². The average molecular weight is 357 g/mol. The van der Waals surface area contributed by atoms with E-state index in [1.807, 2.05) is 45.2 Å². The molecule has 1 N–H and O–H groups in total. The van der Waals surface area contributed by atoms with Crippen molar-refractivity contribution >= 4 is 5.91 Å². The van der Waals surface area contributed by atoms with Gasteiger partial charge >= 0.3 is 0 Å². The summed E-state index contributed by atoms with van der Waals surface area (Å²) < 4.78 is 6.93. The lowest BCUT2D eigenvalue weighted by Crippen LogP contribution is -2.48. The average Bonchev–Trinajstić information content (AvgIpc) is 3.20. The number of hydrogen-bond donors (Lipinski definition) is 1. The molecule has 2 atom stereocenters. The van der Waals surface area contributed by atoms with Crippen molar-refractivity contribution in [3.63, 3.8) is 0 Å². The lowest BCUT2D eigenvalue weighted by Gasteiger charge is -2.37. The number of aromatic nitrogens is 2. The first-order chi connectivity index (χ1) is 12.3. The monoisotopic (exact) mass is 357 g/mol. The molecule has 1 aromatic heterocycles. The Morgan fingerprint density at radius 2 is 1.96 bits per heavy atom. The molecule has 1 aromatic carbocycles. The number of carbonyl (C=O) groups is 1. The van der Waals surface area contributed by atoms with Gasteiger partial charge < -0.3 is 14.7 Å². The van der Waals surface area contributed by atoms with Gasteiger partial charge in [-0.2, -0.15) is 5.10 Å². The molecule has 0 unspecified atom stereocenters. The molecule has 26 heavy (non-hydrogen) atoms. The minimum absolute atomic E-state index is 0.0515. The van der Waals surface area contributed by atoms with Crippen LogP contribution in [0, 0.1) is 13.8 Å². The van der Waals surface area contributed by atoms with Crippen molar-refractivity contribution in [2.45, 2.75) is 45.3 Å². The zero-order chi connectivity index (χ0) is 19.1. The van der Waals surface area contributed by atoms with E-state index in [4.69, 9.17) is 4.74 Å². The Hall–Kier alpha value is -2.34. The van der Waals surface area contributed by atoms with Crippen LogP contribution in [0.5, 0.6) is 5.75 Å². The number of amides is 1. The van der Waals surface area contributed by atoms with E-state index in [9.17, 15) is 9.90 Å².